The lowest BCUT2D eigenvalue weighted by Gasteiger charge is -2.22. The number of imidazole rings is 1. The number of fused-ring (bicyclic) bond motifs is 5. The zero-order valence-corrected chi connectivity index (χ0v) is 23.4. The van der Waals surface area contributed by atoms with Gasteiger partial charge in [0.15, 0.2) is 0 Å². The van der Waals surface area contributed by atoms with Gasteiger partial charge in [0, 0.05) is 29.8 Å². The second-order valence-corrected chi connectivity index (χ2v) is 12.1. The molecular weight excluding hydrogens is 492 g/mol. The Bertz CT molecular complexity index is 2120. The summed E-state index contributed by atoms with van der Waals surface area (Å²) in [4.78, 5) is 5.26. The number of aryl methyl sites for hydroxylation is 1. The van der Waals surface area contributed by atoms with E-state index in [0.717, 1.165) is 53.4 Å². The molecule has 0 bridgehead atoms. The summed E-state index contributed by atoms with van der Waals surface area (Å²) in [6.45, 7) is 6.71. The number of hydrogen-bond acceptors (Lipinski definition) is 2. The standard InChI is InChI=1S/C36H32N2S/c1-21(2)26-13-10-14-27(22(3)4)34(26)38-31-16-9-8-15-30(31)37-36(38)28-18-17-23(5)33-29-19-24-11-6-7-12-25(24)20-32(29)39-35(28)33/h6-22H,1-5H3/i5D3. The van der Waals surface area contributed by atoms with Gasteiger partial charge in [-0.3, -0.25) is 4.57 Å². The van der Waals surface area contributed by atoms with E-state index >= 15 is 0 Å². The van der Waals surface area contributed by atoms with Gasteiger partial charge in [0.2, 0.25) is 0 Å². The highest BCUT2D eigenvalue weighted by Gasteiger charge is 2.24. The number of benzene rings is 5. The van der Waals surface area contributed by atoms with Crippen molar-refractivity contribution in [2.75, 3.05) is 0 Å². The van der Waals surface area contributed by atoms with Crippen molar-refractivity contribution in [3.05, 3.63) is 108 Å². The van der Waals surface area contributed by atoms with Crippen LogP contribution in [0, 0.1) is 6.85 Å². The molecule has 0 aliphatic rings. The van der Waals surface area contributed by atoms with Crippen molar-refractivity contribution in [3.63, 3.8) is 0 Å². The molecule has 0 amide bonds. The van der Waals surface area contributed by atoms with Crippen LogP contribution in [0.3, 0.4) is 0 Å². The van der Waals surface area contributed by atoms with Crippen LogP contribution in [0.1, 0.15) is 60.3 Å². The van der Waals surface area contributed by atoms with Crippen molar-refractivity contribution in [1.29, 1.82) is 0 Å². The van der Waals surface area contributed by atoms with E-state index in [-0.39, 0.29) is 0 Å². The predicted octanol–water partition coefficient (Wildman–Crippen LogP) is 10.8. The number of rotatable bonds is 4. The van der Waals surface area contributed by atoms with Crippen LogP contribution < -0.4 is 0 Å². The minimum Gasteiger partial charge on any atom is -0.292 e. The van der Waals surface area contributed by atoms with Gasteiger partial charge in [-0.25, -0.2) is 4.98 Å². The van der Waals surface area contributed by atoms with Crippen molar-refractivity contribution < 1.29 is 4.11 Å². The molecule has 0 fully saturated rings. The highest BCUT2D eigenvalue weighted by Crippen LogP contribution is 2.45. The predicted molar refractivity (Wildman–Crippen MR) is 170 cm³/mol. The maximum atomic E-state index is 8.44. The fourth-order valence-electron chi connectivity index (χ4n) is 5.94. The van der Waals surface area contributed by atoms with Crippen LogP contribution in [-0.2, 0) is 0 Å². The zero-order valence-electron chi connectivity index (χ0n) is 25.6. The highest BCUT2D eigenvalue weighted by atomic mass is 32.1. The molecule has 192 valence electrons. The van der Waals surface area contributed by atoms with Gasteiger partial charge in [-0.2, -0.15) is 0 Å². The Hall–Kier alpha value is -3.95. The Morgan fingerprint density at radius 3 is 2.18 bits per heavy atom. The van der Waals surface area contributed by atoms with Crippen LogP contribution in [0.4, 0.5) is 0 Å². The molecule has 2 aromatic heterocycles. The Kier molecular flexibility index (Phi) is 4.87. The van der Waals surface area contributed by atoms with Gasteiger partial charge in [-0.1, -0.05) is 88.4 Å². The Morgan fingerprint density at radius 1 is 0.769 bits per heavy atom. The van der Waals surface area contributed by atoms with Crippen LogP contribution >= 0.6 is 11.3 Å². The van der Waals surface area contributed by atoms with Crippen LogP contribution in [0.15, 0.2) is 91.0 Å². The van der Waals surface area contributed by atoms with E-state index in [1.54, 1.807) is 17.4 Å². The summed E-state index contributed by atoms with van der Waals surface area (Å²) in [5.41, 5.74) is 7.00. The van der Waals surface area contributed by atoms with Gasteiger partial charge < -0.3 is 0 Å². The Labute approximate surface area is 237 Å². The van der Waals surface area contributed by atoms with Gasteiger partial charge in [0.1, 0.15) is 5.82 Å². The van der Waals surface area contributed by atoms with Gasteiger partial charge in [-0.05, 0) is 76.5 Å². The lowest BCUT2D eigenvalue weighted by atomic mass is 9.92. The summed E-state index contributed by atoms with van der Waals surface area (Å²) in [7, 11) is 0. The van der Waals surface area contributed by atoms with E-state index in [1.807, 2.05) is 24.3 Å². The molecule has 0 atom stereocenters. The van der Waals surface area contributed by atoms with Gasteiger partial charge in [0.25, 0.3) is 0 Å². The second-order valence-electron chi connectivity index (χ2n) is 11.0. The summed E-state index contributed by atoms with van der Waals surface area (Å²) in [6.07, 6.45) is 0. The molecule has 2 nitrogen and oxygen atoms in total. The van der Waals surface area contributed by atoms with E-state index in [1.165, 1.54) is 16.8 Å². The largest absolute Gasteiger partial charge is 0.292 e. The van der Waals surface area contributed by atoms with Gasteiger partial charge >= 0.3 is 0 Å². The molecule has 0 N–H and O–H groups in total. The molecule has 0 spiro atoms. The Balaban J connectivity index is 1.65. The average molecular weight is 528 g/mol. The molecule has 0 saturated heterocycles. The van der Waals surface area contributed by atoms with Crippen molar-refractivity contribution in [2.24, 2.45) is 0 Å². The minimum atomic E-state index is -2.24. The van der Waals surface area contributed by atoms with E-state index in [4.69, 9.17) is 9.10 Å². The lowest BCUT2D eigenvalue weighted by Crippen LogP contribution is -2.08. The monoisotopic (exact) mass is 527 g/mol. The first-order chi connectivity index (χ1) is 20.1. The molecule has 39 heavy (non-hydrogen) atoms. The smallest absolute Gasteiger partial charge is 0.147 e. The normalized spacial score (nSPS) is 13.6. The third-order valence-electron chi connectivity index (χ3n) is 7.85. The third-order valence-corrected chi connectivity index (χ3v) is 9.04. The zero-order chi connectivity index (χ0) is 29.3. The molecule has 0 unspecified atom stereocenters. The molecule has 0 radical (unpaired) electrons. The fraction of sp³-hybridized carbons (Fsp3) is 0.194. The van der Waals surface area contributed by atoms with Crippen molar-refractivity contribution in [2.45, 2.75) is 46.4 Å². The molecule has 7 rings (SSSR count). The maximum absolute atomic E-state index is 8.44. The van der Waals surface area contributed by atoms with Gasteiger partial charge in [-0.15, -0.1) is 11.3 Å². The molecule has 0 saturated carbocycles. The van der Waals surface area contributed by atoms with Crippen molar-refractivity contribution in [3.8, 4) is 17.1 Å². The van der Waals surface area contributed by atoms with Crippen LogP contribution in [0.2, 0.25) is 0 Å². The minimum absolute atomic E-state index is 0.308. The van der Waals surface area contributed by atoms with Crippen LogP contribution in [-0.4, -0.2) is 9.55 Å². The molecule has 7 aromatic rings. The fourth-order valence-corrected chi connectivity index (χ4v) is 7.21. The Morgan fingerprint density at radius 2 is 1.46 bits per heavy atom. The summed E-state index contributed by atoms with van der Waals surface area (Å²) >= 11 is 1.66. The summed E-state index contributed by atoms with van der Waals surface area (Å²) in [5, 5.41) is 4.03. The number of aromatic nitrogens is 2. The molecular formula is C36H32N2S. The molecule has 0 aliphatic heterocycles. The van der Waals surface area contributed by atoms with E-state index in [0.29, 0.717) is 17.4 Å². The number of thiophene rings is 1. The summed E-state index contributed by atoms with van der Waals surface area (Å²) in [6, 6.07) is 31.3. The van der Waals surface area contributed by atoms with Crippen molar-refractivity contribution >= 4 is 53.3 Å². The summed E-state index contributed by atoms with van der Waals surface area (Å²) < 4.78 is 29.7. The van der Waals surface area contributed by atoms with Crippen molar-refractivity contribution in [1.82, 2.24) is 9.55 Å². The number of para-hydroxylation sites is 3. The van der Waals surface area contributed by atoms with E-state index in [9.17, 15) is 0 Å². The topological polar surface area (TPSA) is 17.8 Å². The number of hydrogen-bond donors (Lipinski definition) is 0. The highest BCUT2D eigenvalue weighted by molar-refractivity contribution is 7.26. The average Bonchev–Trinajstić information content (AvgIpc) is 3.52. The third kappa shape index (κ3) is 3.71. The molecule has 3 heteroatoms. The first-order valence-electron chi connectivity index (χ1n) is 15.1. The lowest BCUT2D eigenvalue weighted by molar-refractivity contribution is 0.811. The maximum Gasteiger partial charge on any atom is 0.147 e. The van der Waals surface area contributed by atoms with E-state index < -0.39 is 6.85 Å². The SMILES string of the molecule is [2H]C([2H])([2H])c1ccc(-c2nc3ccccc3n2-c2c(C(C)C)cccc2C(C)C)c2sc3cc4ccccc4cc3c12. The number of nitrogens with zero attached hydrogens (tertiary/aromatic N) is 2. The molecule has 5 aromatic carbocycles. The quantitative estimate of drug-likeness (QED) is 0.223. The molecule has 2 heterocycles. The van der Waals surface area contributed by atoms with Gasteiger partial charge in [0.05, 0.1) is 16.7 Å². The van der Waals surface area contributed by atoms with Crippen LogP contribution in [0.25, 0.3) is 59.1 Å². The first-order valence-corrected chi connectivity index (χ1v) is 14.4. The van der Waals surface area contributed by atoms with Crippen LogP contribution in [0.5, 0.6) is 0 Å². The second kappa shape index (κ2) is 9.07. The first kappa shape index (κ1) is 20.9. The molecule has 0 aliphatic carbocycles. The summed E-state index contributed by atoms with van der Waals surface area (Å²) in [5.74, 6) is 1.45. The van der Waals surface area contributed by atoms with E-state index in [2.05, 4.69) is 92.9 Å².